The molecule has 0 bridgehead atoms. The average molecular weight is 256 g/mol. The van der Waals surface area contributed by atoms with Crippen LogP contribution in [0, 0.1) is 0 Å². The van der Waals surface area contributed by atoms with Crippen molar-refractivity contribution in [3.63, 3.8) is 0 Å². The Morgan fingerprint density at radius 3 is 2.61 bits per heavy atom. The van der Waals surface area contributed by atoms with Crippen LogP contribution < -0.4 is 10.6 Å². The molecule has 0 radical (unpaired) electrons. The number of hydrogen-bond donors (Lipinski definition) is 3. The van der Waals surface area contributed by atoms with Crippen LogP contribution in [0.5, 0.6) is 0 Å². The van der Waals surface area contributed by atoms with Gasteiger partial charge in [-0.2, -0.15) is 0 Å². The molecule has 1 aromatic heterocycles. The molecule has 8 nitrogen and oxygen atoms in total. The largest absolute Gasteiger partial charge is 0.475 e. The van der Waals surface area contributed by atoms with Gasteiger partial charge in [-0.3, -0.25) is 4.79 Å². The second-order valence-electron chi connectivity index (χ2n) is 3.18. The summed E-state index contributed by atoms with van der Waals surface area (Å²) in [7, 11) is 1.21. The van der Waals surface area contributed by atoms with E-state index in [-0.39, 0.29) is 18.8 Å². The van der Waals surface area contributed by atoms with Gasteiger partial charge in [0.1, 0.15) is 12.3 Å². The number of aromatic carboxylic acids is 1. The number of nitrogens with one attached hydrogen (secondary N) is 2. The van der Waals surface area contributed by atoms with Crippen LogP contribution >= 0.6 is 0 Å². The summed E-state index contributed by atoms with van der Waals surface area (Å²) in [5.74, 6) is -1.67. The molecule has 0 atom stereocenters. The number of urea groups is 1. The zero-order chi connectivity index (χ0) is 13.5. The minimum Gasteiger partial charge on any atom is -0.475 e. The fourth-order valence-electron chi connectivity index (χ4n) is 1.04. The molecule has 0 unspecified atom stereocenters. The van der Waals surface area contributed by atoms with Gasteiger partial charge in [0, 0.05) is 0 Å². The molecule has 0 saturated carbocycles. The van der Waals surface area contributed by atoms with E-state index in [2.05, 4.69) is 15.4 Å². The summed E-state index contributed by atoms with van der Waals surface area (Å²) in [5, 5.41) is 13.2. The van der Waals surface area contributed by atoms with Crippen LogP contribution in [0.3, 0.4) is 0 Å². The first-order valence-corrected chi connectivity index (χ1v) is 4.93. The van der Waals surface area contributed by atoms with Gasteiger partial charge in [-0.15, -0.1) is 0 Å². The standard InChI is InChI=1S/C10H12N2O6/c1-17-8(13)5-12-10(16)11-4-6-2-3-7(18-6)9(14)15/h2-3H,4-5H2,1H3,(H,14,15)(H2,11,12,16). The third-order valence-corrected chi connectivity index (χ3v) is 1.92. The summed E-state index contributed by atoms with van der Waals surface area (Å²) >= 11 is 0. The Labute approximate surface area is 102 Å². The van der Waals surface area contributed by atoms with Crippen molar-refractivity contribution in [1.29, 1.82) is 0 Å². The number of methoxy groups -OCH3 is 1. The molecule has 0 aliphatic carbocycles. The topological polar surface area (TPSA) is 118 Å². The number of hydrogen-bond acceptors (Lipinski definition) is 5. The Hall–Kier alpha value is -2.51. The molecule has 1 heterocycles. The van der Waals surface area contributed by atoms with Crippen molar-refractivity contribution in [2.75, 3.05) is 13.7 Å². The molecule has 0 aliphatic heterocycles. The fourth-order valence-corrected chi connectivity index (χ4v) is 1.04. The van der Waals surface area contributed by atoms with Gasteiger partial charge < -0.3 is 24.9 Å². The van der Waals surface area contributed by atoms with Crippen molar-refractivity contribution >= 4 is 18.0 Å². The van der Waals surface area contributed by atoms with Gasteiger partial charge in [0.05, 0.1) is 13.7 Å². The maximum atomic E-state index is 11.2. The highest BCUT2D eigenvalue weighted by Crippen LogP contribution is 2.07. The van der Waals surface area contributed by atoms with Gasteiger partial charge >= 0.3 is 18.0 Å². The van der Waals surface area contributed by atoms with E-state index in [4.69, 9.17) is 9.52 Å². The average Bonchev–Trinajstić information content (AvgIpc) is 2.82. The zero-order valence-electron chi connectivity index (χ0n) is 9.56. The lowest BCUT2D eigenvalue weighted by Crippen LogP contribution is -2.38. The SMILES string of the molecule is COC(=O)CNC(=O)NCc1ccc(C(=O)O)o1. The summed E-state index contributed by atoms with van der Waals surface area (Å²) in [6, 6.07) is 2.13. The Morgan fingerprint density at radius 1 is 1.33 bits per heavy atom. The summed E-state index contributed by atoms with van der Waals surface area (Å²) in [4.78, 5) is 32.4. The monoisotopic (exact) mass is 256 g/mol. The molecule has 0 spiro atoms. The van der Waals surface area contributed by atoms with Crippen LogP contribution in [0.25, 0.3) is 0 Å². The number of ether oxygens (including phenoxy) is 1. The predicted octanol–water partition coefficient (Wildman–Crippen LogP) is -0.0500. The number of carboxylic acids is 1. The minimum atomic E-state index is -1.18. The van der Waals surface area contributed by atoms with Crippen LogP contribution in [-0.4, -0.2) is 36.7 Å². The first-order valence-electron chi connectivity index (χ1n) is 4.93. The molecule has 8 heteroatoms. The summed E-state index contributed by atoms with van der Waals surface area (Å²) in [5.41, 5.74) is 0. The molecule has 2 amide bonds. The third-order valence-electron chi connectivity index (χ3n) is 1.92. The number of amides is 2. The van der Waals surface area contributed by atoms with Crippen LogP contribution in [0.1, 0.15) is 16.3 Å². The van der Waals surface area contributed by atoms with Crippen LogP contribution in [0.2, 0.25) is 0 Å². The highest BCUT2D eigenvalue weighted by atomic mass is 16.5. The summed E-state index contributed by atoms with van der Waals surface area (Å²) in [6.07, 6.45) is 0. The highest BCUT2D eigenvalue weighted by Gasteiger charge is 2.10. The van der Waals surface area contributed by atoms with Crippen molar-refractivity contribution in [2.45, 2.75) is 6.54 Å². The van der Waals surface area contributed by atoms with E-state index in [1.807, 2.05) is 0 Å². The predicted molar refractivity (Wildman–Crippen MR) is 57.9 cm³/mol. The first kappa shape index (κ1) is 13.6. The van der Waals surface area contributed by atoms with Gasteiger partial charge in [0.2, 0.25) is 5.76 Å². The number of furan rings is 1. The quantitative estimate of drug-likeness (QED) is 0.636. The number of esters is 1. The van der Waals surface area contributed by atoms with E-state index < -0.39 is 18.0 Å². The molecule has 0 saturated heterocycles. The lowest BCUT2D eigenvalue weighted by atomic mass is 10.4. The maximum Gasteiger partial charge on any atom is 0.371 e. The molecule has 98 valence electrons. The van der Waals surface area contributed by atoms with Crippen molar-refractivity contribution in [1.82, 2.24) is 10.6 Å². The van der Waals surface area contributed by atoms with Crippen molar-refractivity contribution in [3.8, 4) is 0 Å². The Kier molecular flexibility index (Phi) is 4.73. The van der Waals surface area contributed by atoms with Crippen LogP contribution in [-0.2, 0) is 16.1 Å². The van der Waals surface area contributed by atoms with Crippen molar-refractivity contribution in [3.05, 3.63) is 23.7 Å². The minimum absolute atomic E-state index is 0.0142. The Bertz CT molecular complexity index is 453. The first-order chi connectivity index (χ1) is 8.52. The molecular formula is C10H12N2O6. The van der Waals surface area contributed by atoms with E-state index in [1.165, 1.54) is 19.2 Å². The van der Waals surface area contributed by atoms with Gasteiger partial charge in [0.15, 0.2) is 0 Å². The van der Waals surface area contributed by atoms with Gasteiger partial charge in [-0.25, -0.2) is 9.59 Å². The molecule has 0 fully saturated rings. The summed E-state index contributed by atoms with van der Waals surface area (Å²) < 4.78 is 9.24. The van der Waals surface area contributed by atoms with E-state index in [1.54, 1.807) is 0 Å². The van der Waals surface area contributed by atoms with Crippen molar-refractivity contribution in [2.24, 2.45) is 0 Å². The van der Waals surface area contributed by atoms with Crippen LogP contribution in [0.15, 0.2) is 16.5 Å². The highest BCUT2D eigenvalue weighted by molar-refractivity contribution is 5.84. The van der Waals surface area contributed by atoms with Crippen LogP contribution in [0.4, 0.5) is 4.79 Å². The fraction of sp³-hybridized carbons (Fsp3) is 0.300. The molecule has 1 aromatic rings. The lowest BCUT2D eigenvalue weighted by Gasteiger charge is -2.04. The number of rotatable bonds is 5. The summed E-state index contributed by atoms with van der Waals surface area (Å²) in [6.45, 7) is -0.235. The second kappa shape index (κ2) is 6.28. The smallest absolute Gasteiger partial charge is 0.371 e. The third kappa shape index (κ3) is 4.16. The van der Waals surface area contributed by atoms with Gasteiger partial charge in [0.25, 0.3) is 0 Å². The van der Waals surface area contributed by atoms with E-state index in [0.717, 1.165) is 0 Å². The number of carbonyl (C=O) groups excluding carboxylic acids is 2. The number of carbonyl (C=O) groups is 3. The molecular weight excluding hydrogens is 244 g/mol. The Morgan fingerprint density at radius 2 is 2.06 bits per heavy atom. The molecule has 3 N–H and O–H groups in total. The van der Waals surface area contributed by atoms with E-state index in [0.29, 0.717) is 5.76 Å². The van der Waals surface area contributed by atoms with E-state index >= 15 is 0 Å². The molecule has 1 rings (SSSR count). The molecule has 0 aromatic carbocycles. The van der Waals surface area contributed by atoms with Crippen molar-refractivity contribution < 1.29 is 28.6 Å². The number of carboxylic acid groups (broad SMARTS) is 1. The molecule has 18 heavy (non-hydrogen) atoms. The molecule has 0 aliphatic rings. The Balaban J connectivity index is 2.33. The lowest BCUT2D eigenvalue weighted by molar-refractivity contribution is -0.139. The zero-order valence-corrected chi connectivity index (χ0v) is 9.56. The normalized spacial score (nSPS) is 9.61. The maximum absolute atomic E-state index is 11.2. The van der Waals surface area contributed by atoms with Gasteiger partial charge in [-0.1, -0.05) is 0 Å². The second-order valence-corrected chi connectivity index (χ2v) is 3.18. The van der Waals surface area contributed by atoms with Gasteiger partial charge in [-0.05, 0) is 12.1 Å². The van der Waals surface area contributed by atoms with E-state index in [9.17, 15) is 14.4 Å².